The number of hydrogen-bond donors (Lipinski definition) is 1. The van der Waals surface area contributed by atoms with Crippen LogP contribution in [0.15, 0.2) is 23.0 Å². The number of benzene rings is 1. The molecule has 0 spiro atoms. The summed E-state index contributed by atoms with van der Waals surface area (Å²) in [5.74, 6) is 2.23. The van der Waals surface area contributed by atoms with Crippen LogP contribution in [0.3, 0.4) is 0 Å². The van der Waals surface area contributed by atoms with E-state index in [0.717, 1.165) is 55.6 Å². The molecule has 1 unspecified atom stereocenters. The summed E-state index contributed by atoms with van der Waals surface area (Å²) in [6.45, 7) is 3.62. The predicted octanol–water partition coefficient (Wildman–Crippen LogP) is 2.58. The minimum atomic E-state index is -0.100. The Kier molecular flexibility index (Phi) is 5.92. The van der Waals surface area contributed by atoms with Crippen LogP contribution in [-0.4, -0.2) is 62.6 Å². The zero-order chi connectivity index (χ0) is 22.9. The van der Waals surface area contributed by atoms with Gasteiger partial charge in [-0.2, -0.15) is 0 Å². The molecule has 34 heavy (non-hydrogen) atoms. The fraction of sp³-hybridized carbons (Fsp3) is 0.583. The molecular weight excluding hydrogens is 436 g/mol. The Hall–Kier alpha value is -2.98. The summed E-state index contributed by atoms with van der Waals surface area (Å²) in [7, 11) is 0. The van der Waals surface area contributed by atoms with Crippen LogP contribution >= 0.6 is 0 Å². The van der Waals surface area contributed by atoms with E-state index in [1.54, 1.807) is 0 Å². The number of tetrazole rings is 1. The molecule has 0 radical (unpaired) electrons. The SMILES string of the molecule is O=c1[nH]c2cc3c(cc2cc1CN(Cc1nnnn1C1CCCC1)CC1CCCO1)OCCO3. The summed E-state index contributed by atoms with van der Waals surface area (Å²) in [6.07, 6.45) is 6.93. The number of hydrogen-bond acceptors (Lipinski definition) is 8. The van der Waals surface area contributed by atoms with Crippen LogP contribution in [0.1, 0.15) is 56.0 Å². The van der Waals surface area contributed by atoms with Gasteiger partial charge >= 0.3 is 0 Å². The van der Waals surface area contributed by atoms with Crippen molar-refractivity contribution in [2.75, 3.05) is 26.4 Å². The summed E-state index contributed by atoms with van der Waals surface area (Å²) in [6, 6.07) is 6.10. The van der Waals surface area contributed by atoms with Crippen LogP contribution in [0.2, 0.25) is 0 Å². The maximum absolute atomic E-state index is 13.0. The molecule has 0 amide bonds. The van der Waals surface area contributed by atoms with Crippen LogP contribution in [0.4, 0.5) is 0 Å². The first-order valence-electron chi connectivity index (χ1n) is 12.3. The van der Waals surface area contributed by atoms with E-state index in [2.05, 4.69) is 25.4 Å². The monoisotopic (exact) mass is 466 g/mol. The molecule has 1 saturated heterocycles. The number of aromatic nitrogens is 5. The molecule has 1 atom stereocenters. The Balaban J connectivity index is 1.28. The first-order valence-corrected chi connectivity index (χ1v) is 12.3. The average molecular weight is 467 g/mol. The van der Waals surface area contributed by atoms with Gasteiger partial charge in [-0.15, -0.1) is 5.10 Å². The Labute approximate surface area is 197 Å². The van der Waals surface area contributed by atoms with E-state index in [0.29, 0.717) is 49.4 Å². The summed E-state index contributed by atoms with van der Waals surface area (Å²) >= 11 is 0. The van der Waals surface area contributed by atoms with Crippen molar-refractivity contribution in [2.24, 2.45) is 0 Å². The highest BCUT2D eigenvalue weighted by molar-refractivity contribution is 5.83. The summed E-state index contributed by atoms with van der Waals surface area (Å²) in [5.41, 5.74) is 1.34. The van der Waals surface area contributed by atoms with E-state index < -0.39 is 0 Å². The van der Waals surface area contributed by atoms with Gasteiger partial charge in [-0.3, -0.25) is 9.69 Å². The zero-order valence-corrected chi connectivity index (χ0v) is 19.2. The first-order chi connectivity index (χ1) is 16.7. The van der Waals surface area contributed by atoms with Gasteiger partial charge in [0.15, 0.2) is 17.3 Å². The second-order valence-electron chi connectivity index (χ2n) is 9.49. The van der Waals surface area contributed by atoms with Crippen LogP contribution < -0.4 is 15.0 Å². The van der Waals surface area contributed by atoms with Crippen molar-refractivity contribution in [3.8, 4) is 11.5 Å². The Morgan fingerprint density at radius 3 is 2.62 bits per heavy atom. The standard InChI is InChI=1S/C24H30N6O4/c31-24-17(10-16-11-21-22(12-20(16)25-24)34-9-8-33-21)13-29(14-19-6-3-7-32-19)15-23-26-27-28-30(23)18-4-1-2-5-18/h10-12,18-19H,1-9,13-15H2,(H,25,31). The summed E-state index contributed by atoms with van der Waals surface area (Å²) < 4.78 is 19.3. The van der Waals surface area contributed by atoms with Crippen molar-refractivity contribution in [3.63, 3.8) is 0 Å². The highest BCUT2D eigenvalue weighted by atomic mass is 16.6. The highest BCUT2D eigenvalue weighted by Gasteiger charge is 2.25. The van der Waals surface area contributed by atoms with Crippen LogP contribution in [-0.2, 0) is 17.8 Å². The van der Waals surface area contributed by atoms with Crippen molar-refractivity contribution in [1.82, 2.24) is 30.1 Å². The molecule has 1 saturated carbocycles. The van der Waals surface area contributed by atoms with Crippen molar-refractivity contribution in [1.29, 1.82) is 0 Å². The van der Waals surface area contributed by atoms with Crippen LogP contribution in [0.25, 0.3) is 10.9 Å². The number of aromatic amines is 1. The maximum Gasteiger partial charge on any atom is 0.252 e. The molecule has 2 aromatic heterocycles. The number of nitrogens with one attached hydrogen (secondary N) is 1. The minimum Gasteiger partial charge on any atom is -0.486 e. The van der Waals surface area contributed by atoms with Gasteiger partial charge in [0.2, 0.25) is 0 Å². The summed E-state index contributed by atoms with van der Waals surface area (Å²) in [4.78, 5) is 18.3. The topological polar surface area (TPSA) is 107 Å². The highest BCUT2D eigenvalue weighted by Crippen LogP contribution is 2.34. The largest absolute Gasteiger partial charge is 0.486 e. The zero-order valence-electron chi connectivity index (χ0n) is 19.2. The molecule has 0 bridgehead atoms. The maximum atomic E-state index is 13.0. The molecule has 1 N–H and O–H groups in total. The predicted molar refractivity (Wildman–Crippen MR) is 124 cm³/mol. The lowest BCUT2D eigenvalue weighted by Crippen LogP contribution is -2.34. The van der Waals surface area contributed by atoms with Crippen molar-refractivity contribution >= 4 is 10.9 Å². The molecule has 10 heteroatoms. The smallest absolute Gasteiger partial charge is 0.252 e. The van der Waals surface area contributed by atoms with Crippen LogP contribution in [0.5, 0.6) is 11.5 Å². The third-order valence-corrected chi connectivity index (χ3v) is 7.06. The lowest BCUT2D eigenvalue weighted by Gasteiger charge is -2.25. The van der Waals surface area contributed by atoms with E-state index in [1.165, 1.54) is 12.8 Å². The molecule has 1 aliphatic carbocycles. The third kappa shape index (κ3) is 4.39. The molecule has 3 aliphatic rings. The van der Waals surface area contributed by atoms with Gasteiger partial charge in [-0.05, 0) is 48.2 Å². The second kappa shape index (κ2) is 9.34. The molecule has 2 aliphatic heterocycles. The van der Waals surface area contributed by atoms with Crippen LogP contribution in [0, 0.1) is 0 Å². The van der Waals surface area contributed by atoms with Gasteiger partial charge in [-0.1, -0.05) is 12.8 Å². The fourth-order valence-electron chi connectivity index (χ4n) is 5.36. The Morgan fingerprint density at radius 2 is 1.82 bits per heavy atom. The molecule has 1 aromatic carbocycles. The van der Waals surface area contributed by atoms with Gasteiger partial charge in [0.1, 0.15) is 13.2 Å². The molecular formula is C24H30N6O4. The van der Waals surface area contributed by atoms with Gasteiger partial charge < -0.3 is 19.2 Å². The number of ether oxygens (including phenoxy) is 3. The minimum absolute atomic E-state index is 0.100. The third-order valence-electron chi connectivity index (χ3n) is 7.06. The van der Waals surface area contributed by atoms with Gasteiger partial charge in [0, 0.05) is 36.7 Å². The van der Waals surface area contributed by atoms with Gasteiger partial charge in [0.25, 0.3) is 5.56 Å². The quantitative estimate of drug-likeness (QED) is 0.566. The molecule has 2 fully saturated rings. The molecule has 4 heterocycles. The van der Waals surface area contributed by atoms with Gasteiger partial charge in [-0.25, -0.2) is 4.68 Å². The number of nitrogens with zero attached hydrogens (tertiary/aromatic N) is 5. The van der Waals surface area contributed by atoms with Crippen molar-refractivity contribution < 1.29 is 14.2 Å². The molecule has 3 aromatic rings. The number of pyridine rings is 1. The van der Waals surface area contributed by atoms with E-state index in [1.807, 2.05) is 22.9 Å². The molecule has 180 valence electrons. The lowest BCUT2D eigenvalue weighted by molar-refractivity contribution is 0.0661. The Morgan fingerprint density at radius 1 is 1.00 bits per heavy atom. The molecule has 6 rings (SSSR count). The number of rotatable bonds is 7. The van der Waals surface area contributed by atoms with E-state index in [4.69, 9.17) is 14.2 Å². The average Bonchev–Trinajstić information content (AvgIpc) is 3.61. The Bertz CT molecular complexity index is 1210. The van der Waals surface area contributed by atoms with E-state index in [-0.39, 0.29) is 11.7 Å². The number of H-pyrrole nitrogens is 1. The normalized spacial score (nSPS) is 20.6. The molecule has 10 nitrogen and oxygen atoms in total. The lowest BCUT2D eigenvalue weighted by atomic mass is 10.1. The summed E-state index contributed by atoms with van der Waals surface area (Å²) in [5, 5.41) is 13.5. The number of fused-ring (bicyclic) bond motifs is 2. The van der Waals surface area contributed by atoms with E-state index in [9.17, 15) is 4.79 Å². The second-order valence-corrected chi connectivity index (χ2v) is 9.49. The van der Waals surface area contributed by atoms with Crippen molar-refractivity contribution in [2.45, 2.75) is 63.8 Å². The van der Waals surface area contributed by atoms with E-state index >= 15 is 0 Å². The first kappa shape index (κ1) is 21.5. The van der Waals surface area contributed by atoms with Crippen molar-refractivity contribution in [3.05, 3.63) is 39.9 Å². The fourth-order valence-corrected chi connectivity index (χ4v) is 5.36. The van der Waals surface area contributed by atoms with Gasteiger partial charge in [0.05, 0.1) is 24.2 Å².